The van der Waals surface area contributed by atoms with E-state index in [1.807, 2.05) is 0 Å². The van der Waals surface area contributed by atoms with E-state index in [2.05, 4.69) is 5.32 Å². The Bertz CT molecular complexity index is 749. The maximum Gasteiger partial charge on any atom is 0.335 e. The average molecular weight is 309 g/mol. The molecule has 2 N–H and O–H groups in total. The molecule has 7 heteroatoms. The summed E-state index contributed by atoms with van der Waals surface area (Å²) < 4.78 is 27.5. The Morgan fingerprint density at radius 1 is 1.24 bits per heavy atom. The van der Waals surface area contributed by atoms with E-state index in [4.69, 9.17) is 22.0 Å². The van der Waals surface area contributed by atoms with Crippen molar-refractivity contribution in [3.63, 3.8) is 0 Å². The van der Waals surface area contributed by atoms with Crippen LogP contribution < -0.4 is 5.32 Å². The molecule has 0 heterocycles. The predicted molar refractivity (Wildman–Crippen MR) is 72.8 cm³/mol. The van der Waals surface area contributed by atoms with Crippen molar-refractivity contribution in [3.8, 4) is 6.07 Å². The van der Waals surface area contributed by atoms with Gasteiger partial charge in [-0.1, -0.05) is 11.6 Å². The standard InChI is InChI=1S/C14H7ClF2N2O2/c15-9-5-8(14(20)21)1-2-12(9)19-13-10(16)3-7(6-18)4-11(13)17/h1-5,19H,(H,20,21). The fraction of sp³-hybridized carbons (Fsp3) is 0. The van der Waals surface area contributed by atoms with Crippen LogP contribution in [0.3, 0.4) is 0 Å². The van der Waals surface area contributed by atoms with Crippen LogP contribution in [0, 0.1) is 23.0 Å². The molecule has 0 saturated carbocycles. The number of aromatic carboxylic acids is 1. The van der Waals surface area contributed by atoms with Gasteiger partial charge in [0.2, 0.25) is 0 Å². The van der Waals surface area contributed by atoms with Crippen molar-refractivity contribution in [1.82, 2.24) is 0 Å². The Morgan fingerprint density at radius 3 is 2.33 bits per heavy atom. The van der Waals surface area contributed by atoms with Gasteiger partial charge in [0.1, 0.15) is 5.69 Å². The number of carboxylic acid groups (broad SMARTS) is 1. The predicted octanol–water partition coefficient (Wildman–Crippen LogP) is 3.93. The lowest BCUT2D eigenvalue weighted by atomic mass is 10.1. The summed E-state index contributed by atoms with van der Waals surface area (Å²) in [7, 11) is 0. The van der Waals surface area contributed by atoms with Gasteiger partial charge < -0.3 is 10.4 Å². The van der Waals surface area contributed by atoms with Crippen molar-refractivity contribution < 1.29 is 18.7 Å². The molecule has 2 rings (SSSR count). The minimum atomic E-state index is -1.17. The molecule has 0 aliphatic heterocycles. The molecule has 2 aromatic rings. The average Bonchev–Trinajstić information content (AvgIpc) is 2.43. The maximum atomic E-state index is 13.7. The van der Waals surface area contributed by atoms with Crippen molar-refractivity contribution in [3.05, 3.63) is 58.1 Å². The highest BCUT2D eigenvalue weighted by Gasteiger charge is 2.14. The van der Waals surface area contributed by atoms with Gasteiger partial charge in [-0.25, -0.2) is 13.6 Å². The number of nitrogens with zero attached hydrogens (tertiary/aromatic N) is 1. The van der Waals surface area contributed by atoms with Crippen LogP contribution in [0.4, 0.5) is 20.2 Å². The van der Waals surface area contributed by atoms with E-state index >= 15 is 0 Å². The van der Waals surface area contributed by atoms with E-state index in [-0.39, 0.29) is 21.8 Å². The van der Waals surface area contributed by atoms with Crippen molar-refractivity contribution in [2.75, 3.05) is 5.32 Å². The van der Waals surface area contributed by atoms with Gasteiger partial charge in [-0.3, -0.25) is 0 Å². The number of hydrogen-bond donors (Lipinski definition) is 2. The minimum absolute atomic E-state index is 0.00180. The molecule has 0 fully saturated rings. The molecule has 0 aliphatic rings. The van der Waals surface area contributed by atoms with Gasteiger partial charge in [-0.15, -0.1) is 0 Å². The van der Waals surface area contributed by atoms with Gasteiger partial charge >= 0.3 is 5.97 Å². The third-order valence-electron chi connectivity index (χ3n) is 2.65. The first kappa shape index (κ1) is 14.8. The Labute approximate surface area is 123 Å². The number of hydrogen-bond acceptors (Lipinski definition) is 3. The first-order chi connectivity index (χ1) is 9.92. The van der Waals surface area contributed by atoms with E-state index in [1.165, 1.54) is 12.1 Å². The van der Waals surface area contributed by atoms with E-state index in [0.717, 1.165) is 18.2 Å². The van der Waals surface area contributed by atoms with E-state index in [1.54, 1.807) is 6.07 Å². The molecular formula is C14H7ClF2N2O2. The van der Waals surface area contributed by atoms with Gasteiger partial charge in [-0.2, -0.15) is 5.26 Å². The molecule has 0 unspecified atom stereocenters. The lowest BCUT2D eigenvalue weighted by Crippen LogP contribution is -2.01. The van der Waals surface area contributed by atoms with Crippen molar-refractivity contribution in [2.45, 2.75) is 0 Å². The summed E-state index contributed by atoms with van der Waals surface area (Å²) in [6, 6.07) is 7.09. The lowest BCUT2D eigenvalue weighted by molar-refractivity contribution is 0.0697. The number of nitriles is 1. The minimum Gasteiger partial charge on any atom is -0.478 e. The number of nitrogens with one attached hydrogen (secondary N) is 1. The summed E-state index contributed by atoms with van der Waals surface area (Å²) >= 11 is 5.86. The Kier molecular flexibility index (Phi) is 4.05. The van der Waals surface area contributed by atoms with Crippen molar-refractivity contribution in [2.24, 2.45) is 0 Å². The van der Waals surface area contributed by atoms with Crippen molar-refractivity contribution in [1.29, 1.82) is 5.26 Å². The third kappa shape index (κ3) is 3.09. The van der Waals surface area contributed by atoms with Crippen molar-refractivity contribution >= 4 is 28.9 Å². The van der Waals surface area contributed by atoms with Crippen LogP contribution in [0.1, 0.15) is 15.9 Å². The molecular weight excluding hydrogens is 302 g/mol. The highest BCUT2D eigenvalue weighted by Crippen LogP contribution is 2.30. The zero-order chi connectivity index (χ0) is 15.6. The Balaban J connectivity index is 2.39. The lowest BCUT2D eigenvalue weighted by Gasteiger charge is -2.11. The highest BCUT2D eigenvalue weighted by molar-refractivity contribution is 6.33. The molecule has 2 aromatic carbocycles. The van der Waals surface area contributed by atoms with Crippen LogP contribution in [0.15, 0.2) is 30.3 Å². The summed E-state index contributed by atoms with van der Waals surface area (Å²) in [5.74, 6) is -3.07. The largest absolute Gasteiger partial charge is 0.478 e. The summed E-state index contributed by atoms with van der Waals surface area (Å²) in [4.78, 5) is 10.8. The Morgan fingerprint density at radius 2 is 1.86 bits per heavy atom. The number of benzene rings is 2. The maximum absolute atomic E-state index is 13.7. The molecule has 106 valence electrons. The van der Waals surface area contributed by atoms with Gasteiger partial charge in [-0.05, 0) is 30.3 Å². The van der Waals surface area contributed by atoms with E-state index in [9.17, 15) is 13.6 Å². The van der Waals surface area contributed by atoms with Crippen LogP contribution in [-0.2, 0) is 0 Å². The zero-order valence-electron chi connectivity index (χ0n) is 10.3. The third-order valence-corrected chi connectivity index (χ3v) is 2.96. The smallest absolute Gasteiger partial charge is 0.335 e. The topological polar surface area (TPSA) is 73.1 Å². The van der Waals surface area contributed by atoms with Gasteiger partial charge in [0.15, 0.2) is 11.6 Å². The molecule has 21 heavy (non-hydrogen) atoms. The second-order valence-electron chi connectivity index (χ2n) is 4.05. The second kappa shape index (κ2) is 5.77. The van der Waals surface area contributed by atoms with Crippen LogP contribution in [0.25, 0.3) is 0 Å². The molecule has 0 aliphatic carbocycles. The number of anilines is 2. The molecule has 0 amide bonds. The molecule has 0 bridgehead atoms. The molecule has 0 spiro atoms. The molecule has 0 aromatic heterocycles. The quantitative estimate of drug-likeness (QED) is 0.901. The van der Waals surface area contributed by atoms with Gasteiger partial charge in [0.05, 0.1) is 27.9 Å². The van der Waals surface area contributed by atoms with Crippen LogP contribution in [0.5, 0.6) is 0 Å². The van der Waals surface area contributed by atoms with Crippen LogP contribution in [-0.4, -0.2) is 11.1 Å². The monoisotopic (exact) mass is 308 g/mol. The fourth-order valence-electron chi connectivity index (χ4n) is 1.64. The second-order valence-corrected chi connectivity index (χ2v) is 4.46. The first-order valence-corrected chi connectivity index (χ1v) is 5.99. The molecule has 0 atom stereocenters. The summed E-state index contributed by atoms with van der Waals surface area (Å²) in [6.07, 6.45) is 0. The highest BCUT2D eigenvalue weighted by atomic mass is 35.5. The Hall–Kier alpha value is -2.65. The summed E-state index contributed by atoms with van der Waals surface area (Å²) in [5.41, 5.74) is -0.530. The summed E-state index contributed by atoms with van der Waals surface area (Å²) in [5, 5.41) is 19.9. The van der Waals surface area contributed by atoms with Gasteiger partial charge in [0.25, 0.3) is 0 Å². The number of carbonyl (C=O) groups is 1. The molecule has 4 nitrogen and oxygen atoms in total. The number of halogens is 3. The fourth-order valence-corrected chi connectivity index (χ4v) is 1.87. The molecule has 0 saturated heterocycles. The first-order valence-electron chi connectivity index (χ1n) is 5.61. The normalized spacial score (nSPS) is 10.0. The SMILES string of the molecule is N#Cc1cc(F)c(Nc2ccc(C(=O)O)cc2Cl)c(F)c1. The van der Waals surface area contributed by atoms with Crippen LogP contribution >= 0.6 is 11.6 Å². The number of carboxylic acids is 1. The van der Waals surface area contributed by atoms with E-state index in [0.29, 0.717) is 0 Å². The summed E-state index contributed by atoms with van der Waals surface area (Å²) in [6.45, 7) is 0. The zero-order valence-corrected chi connectivity index (χ0v) is 11.1. The molecule has 0 radical (unpaired) electrons. The van der Waals surface area contributed by atoms with E-state index < -0.39 is 23.3 Å². The van der Waals surface area contributed by atoms with Gasteiger partial charge in [0, 0.05) is 0 Å². The number of rotatable bonds is 3. The van der Waals surface area contributed by atoms with Crippen LogP contribution in [0.2, 0.25) is 5.02 Å².